The molecule has 3 rings (SSSR count). The fourth-order valence-electron chi connectivity index (χ4n) is 3.62. The number of carbonyl (C=O) groups excluding carboxylic acids is 1. The first-order chi connectivity index (χ1) is 15.3. The number of benzene rings is 1. The van der Waals surface area contributed by atoms with Crippen LogP contribution in [0.25, 0.3) is 0 Å². The van der Waals surface area contributed by atoms with Crippen molar-refractivity contribution in [3.8, 4) is 0 Å². The maximum absolute atomic E-state index is 12.8. The minimum absolute atomic E-state index is 0.00281. The van der Waals surface area contributed by atoms with E-state index in [0.717, 1.165) is 41.3 Å². The van der Waals surface area contributed by atoms with Crippen LogP contribution in [0.2, 0.25) is 0 Å². The summed E-state index contributed by atoms with van der Waals surface area (Å²) in [6, 6.07) is 10.1. The van der Waals surface area contributed by atoms with Gasteiger partial charge in [0.25, 0.3) is 5.56 Å². The third kappa shape index (κ3) is 6.00. The van der Waals surface area contributed by atoms with Gasteiger partial charge in [-0.3, -0.25) is 14.5 Å². The molecule has 0 radical (unpaired) electrons. The lowest BCUT2D eigenvalue weighted by Crippen LogP contribution is -2.33. The molecule has 1 saturated heterocycles. The highest BCUT2D eigenvalue weighted by Crippen LogP contribution is 2.20. The minimum atomic E-state index is -3.72. The largest absolute Gasteiger partial charge is 0.324 e. The first kappa shape index (κ1) is 24.5. The van der Waals surface area contributed by atoms with Crippen molar-refractivity contribution >= 4 is 33.4 Å². The molecule has 1 aliphatic heterocycles. The zero-order chi connectivity index (χ0) is 23.1. The lowest BCUT2D eigenvalue weighted by Gasteiger charge is -2.27. The number of aromatic nitrogens is 1. The highest BCUT2D eigenvalue weighted by atomic mass is 32.2. The zero-order valence-corrected chi connectivity index (χ0v) is 20.1. The van der Waals surface area contributed by atoms with E-state index >= 15 is 0 Å². The molecule has 32 heavy (non-hydrogen) atoms. The smallest absolute Gasteiger partial charge is 0.251 e. The summed E-state index contributed by atoms with van der Waals surface area (Å²) < 4.78 is 28.0. The lowest BCUT2D eigenvalue weighted by molar-refractivity contribution is -0.116. The Kier molecular flexibility index (Phi) is 8.52. The highest BCUT2D eigenvalue weighted by Gasteiger charge is 2.23. The maximum atomic E-state index is 12.8. The van der Waals surface area contributed by atoms with Gasteiger partial charge in [-0.1, -0.05) is 32.0 Å². The summed E-state index contributed by atoms with van der Waals surface area (Å²) in [6.07, 6.45) is 1.24. The number of hydrogen-bond acceptors (Lipinski definition) is 6. The monoisotopic (exact) mass is 478 g/mol. The molecule has 1 amide bonds. The van der Waals surface area contributed by atoms with E-state index in [2.05, 4.69) is 10.2 Å². The van der Waals surface area contributed by atoms with Gasteiger partial charge in [0, 0.05) is 62.2 Å². The Morgan fingerprint density at radius 3 is 2.47 bits per heavy atom. The molecule has 1 N–H and O–H groups in total. The lowest BCUT2D eigenvalue weighted by atomic mass is 10.1. The molecule has 0 atom stereocenters. The number of pyridine rings is 1. The molecule has 1 aliphatic rings. The van der Waals surface area contributed by atoms with Gasteiger partial charge in [-0.05, 0) is 17.7 Å². The normalized spacial score (nSPS) is 15.1. The summed E-state index contributed by atoms with van der Waals surface area (Å²) in [4.78, 5) is 27.4. The summed E-state index contributed by atoms with van der Waals surface area (Å²) in [6.45, 7) is 6.65. The van der Waals surface area contributed by atoms with Crippen molar-refractivity contribution in [1.82, 2.24) is 13.8 Å². The Morgan fingerprint density at radius 2 is 1.78 bits per heavy atom. The van der Waals surface area contributed by atoms with E-state index in [1.165, 1.54) is 22.6 Å². The fourth-order valence-corrected chi connectivity index (χ4v) is 6.08. The Bertz CT molecular complexity index is 1090. The standard InChI is InChI=1S/C22H30N4O4S2/c1-3-26(4-2)32(29,30)19-9-10-22(28)25(16-19)17-21(27)23-20-8-6-5-7-18(20)15-24-11-13-31-14-12-24/h5-10,16H,3-4,11-15,17H2,1-2H3,(H,23,27). The number of hydrogen-bond donors (Lipinski definition) is 1. The molecule has 1 aromatic heterocycles. The first-order valence-electron chi connectivity index (χ1n) is 10.7. The van der Waals surface area contributed by atoms with E-state index in [-0.39, 0.29) is 17.3 Å². The van der Waals surface area contributed by atoms with Crippen molar-refractivity contribution in [2.24, 2.45) is 0 Å². The summed E-state index contributed by atoms with van der Waals surface area (Å²) in [7, 11) is -3.72. The second-order valence-corrected chi connectivity index (χ2v) is 10.7. The average Bonchev–Trinajstić information content (AvgIpc) is 2.78. The molecule has 1 fully saturated rings. The molecule has 1 aromatic carbocycles. The van der Waals surface area contributed by atoms with Crippen LogP contribution in [0.3, 0.4) is 0 Å². The van der Waals surface area contributed by atoms with Crippen LogP contribution in [0.15, 0.2) is 52.3 Å². The zero-order valence-electron chi connectivity index (χ0n) is 18.5. The number of amides is 1. The van der Waals surface area contributed by atoms with E-state index < -0.39 is 15.6 Å². The van der Waals surface area contributed by atoms with Crippen LogP contribution in [-0.2, 0) is 27.9 Å². The van der Waals surface area contributed by atoms with E-state index in [1.54, 1.807) is 13.8 Å². The van der Waals surface area contributed by atoms with Crippen molar-refractivity contribution in [1.29, 1.82) is 0 Å². The van der Waals surface area contributed by atoms with Crippen LogP contribution in [0, 0.1) is 0 Å². The van der Waals surface area contributed by atoms with Crippen LogP contribution >= 0.6 is 11.8 Å². The number of sulfonamides is 1. The minimum Gasteiger partial charge on any atom is -0.324 e. The second kappa shape index (κ2) is 11.1. The van der Waals surface area contributed by atoms with Crippen LogP contribution in [0.1, 0.15) is 19.4 Å². The molecule has 0 aliphatic carbocycles. The van der Waals surface area contributed by atoms with E-state index in [0.29, 0.717) is 18.8 Å². The highest BCUT2D eigenvalue weighted by molar-refractivity contribution is 7.99. The van der Waals surface area contributed by atoms with Crippen LogP contribution in [0.5, 0.6) is 0 Å². The van der Waals surface area contributed by atoms with Crippen LogP contribution in [-0.4, -0.2) is 65.8 Å². The van der Waals surface area contributed by atoms with Crippen molar-refractivity contribution < 1.29 is 13.2 Å². The molecule has 0 saturated carbocycles. The molecule has 0 unspecified atom stereocenters. The van der Waals surface area contributed by atoms with E-state index in [1.807, 2.05) is 36.0 Å². The summed E-state index contributed by atoms with van der Waals surface area (Å²) in [5.41, 5.74) is 1.28. The second-order valence-electron chi connectivity index (χ2n) is 7.51. The molecule has 2 heterocycles. The van der Waals surface area contributed by atoms with Crippen LogP contribution < -0.4 is 10.9 Å². The Hall–Kier alpha value is -2.14. The summed E-state index contributed by atoms with van der Waals surface area (Å²) in [5.74, 6) is 1.82. The predicted molar refractivity (Wildman–Crippen MR) is 128 cm³/mol. The fraction of sp³-hybridized carbons (Fsp3) is 0.455. The number of anilines is 1. The molecule has 0 bridgehead atoms. The quantitative estimate of drug-likeness (QED) is 0.593. The average molecular weight is 479 g/mol. The number of thioether (sulfide) groups is 1. The van der Waals surface area contributed by atoms with Gasteiger partial charge in [0.1, 0.15) is 6.54 Å². The van der Waals surface area contributed by atoms with Crippen molar-refractivity contribution in [3.63, 3.8) is 0 Å². The topological polar surface area (TPSA) is 91.7 Å². The van der Waals surface area contributed by atoms with Gasteiger partial charge >= 0.3 is 0 Å². The molecular weight excluding hydrogens is 448 g/mol. The molecule has 0 spiro atoms. The van der Waals surface area contributed by atoms with E-state index in [9.17, 15) is 18.0 Å². The Morgan fingerprint density at radius 1 is 1.09 bits per heavy atom. The number of para-hydroxylation sites is 1. The summed E-state index contributed by atoms with van der Waals surface area (Å²) >= 11 is 1.94. The van der Waals surface area contributed by atoms with Gasteiger partial charge < -0.3 is 9.88 Å². The van der Waals surface area contributed by atoms with Gasteiger partial charge in [-0.25, -0.2) is 8.42 Å². The van der Waals surface area contributed by atoms with Crippen LogP contribution in [0.4, 0.5) is 5.69 Å². The Balaban J connectivity index is 1.75. The molecule has 10 heteroatoms. The first-order valence-corrected chi connectivity index (χ1v) is 13.3. The van der Waals surface area contributed by atoms with Gasteiger partial charge in [0.15, 0.2) is 0 Å². The number of nitrogens with zero attached hydrogens (tertiary/aromatic N) is 3. The summed E-state index contributed by atoms with van der Waals surface area (Å²) in [5, 5.41) is 2.89. The molecule has 2 aromatic rings. The Labute approximate surface area is 193 Å². The maximum Gasteiger partial charge on any atom is 0.251 e. The number of carbonyl (C=O) groups is 1. The van der Waals surface area contributed by atoms with E-state index in [4.69, 9.17) is 0 Å². The third-order valence-electron chi connectivity index (χ3n) is 5.40. The van der Waals surface area contributed by atoms with Gasteiger partial charge in [0.2, 0.25) is 15.9 Å². The number of rotatable bonds is 9. The van der Waals surface area contributed by atoms with Crippen molar-refractivity contribution in [3.05, 3.63) is 58.5 Å². The number of nitrogens with one attached hydrogen (secondary N) is 1. The van der Waals surface area contributed by atoms with Crippen molar-refractivity contribution in [2.75, 3.05) is 43.0 Å². The molecule has 8 nitrogen and oxygen atoms in total. The SMILES string of the molecule is CCN(CC)S(=O)(=O)c1ccc(=O)n(CC(=O)Nc2ccccc2CN2CCSCC2)c1. The van der Waals surface area contributed by atoms with Gasteiger partial charge in [-0.2, -0.15) is 16.1 Å². The van der Waals surface area contributed by atoms with Gasteiger partial charge in [-0.15, -0.1) is 0 Å². The van der Waals surface area contributed by atoms with Gasteiger partial charge in [0.05, 0.1) is 4.90 Å². The predicted octanol–water partition coefficient (Wildman–Crippen LogP) is 2.07. The van der Waals surface area contributed by atoms with Crippen molar-refractivity contribution in [2.45, 2.75) is 31.8 Å². The molecule has 174 valence electrons. The molecular formula is C22H30N4O4S2. The third-order valence-corrected chi connectivity index (χ3v) is 8.38.